The molecule has 0 saturated carbocycles. The summed E-state index contributed by atoms with van der Waals surface area (Å²) in [6, 6.07) is 11.9. The number of halogens is 1. The number of carbonyl (C=O) groups excluding carboxylic acids is 1. The van der Waals surface area contributed by atoms with Crippen LogP contribution in [-0.2, 0) is 0 Å². The lowest BCUT2D eigenvalue weighted by atomic mass is 9.84. The van der Waals surface area contributed by atoms with Gasteiger partial charge in [0.15, 0.2) is 6.17 Å². The molecule has 4 aliphatic rings. The second-order valence-corrected chi connectivity index (χ2v) is 11.0. The lowest BCUT2D eigenvalue weighted by molar-refractivity contribution is -0.526. The standard InChI is InChI=1S/C29H37FN8O2/c1-2-38-14-8-24(32-18-38)26-34-28(37-36-26)29(10-12-31-13-11-29)35-21-5-3-4-19(16-21)27(39)33-23-9-15-40-25-7-6-20(30)17-22(23)25/h3-7,16-18,23-24,26,28,31,34-35H,2,8-15H2,1H3,(H,33,39)/p+1/t23-,24?,26?,28?/m0/s1. The Hall–Kier alpha value is -3.57. The van der Waals surface area contributed by atoms with E-state index in [0.29, 0.717) is 29.9 Å². The Morgan fingerprint density at radius 2 is 2.05 bits per heavy atom. The summed E-state index contributed by atoms with van der Waals surface area (Å²) in [7, 11) is 0. The smallest absolute Gasteiger partial charge is 0.251 e. The molecule has 1 fully saturated rings. The van der Waals surface area contributed by atoms with Crippen molar-refractivity contribution in [1.82, 2.24) is 21.3 Å². The predicted molar refractivity (Wildman–Crippen MR) is 150 cm³/mol. The Balaban J connectivity index is 1.15. The van der Waals surface area contributed by atoms with Crippen molar-refractivity contribution in [3.05, 3.63) is 59.4 Å². The summed E-state index contributed by atoms with van der Waals surface area (Å²) in [5.41, 5.74) is 1.72. The van der Waals surface area contributed by atoms with Gasteiger partial charge in [-0.25, -0.2) is 4.39 Å². The summed E-state index contributed by atoms with van der Waals surface area (Å²) in [6.07, 6.45) is 5.10. The largest absolute Gasteiger partial charge is 0.493 e. The zero-order chi connectivity index (χ0) is 27.5. The molecule has 4 heterocycles. The number of ether oxygens (including phenoxy) is 1. The van der Waals surface area contributed by atoms with Crippen LogP contribution in [-0.4, -0.2) is 73.5 Å². The number of rotatable bonds is 7. The summed E-state index contributed by atoms with van der Waals surface area (Å²) in [5.74, 6) is 0.0635. The highest BCUT2D eigenvalue weighted by atomic mass is 19.1. The summed E-state index contributed by atoms with van der Waals surface area (Å²) in [5, 5.41) is 26.8. The van der Waals surface area contributed by atoms with Gasteiger partial charge in [-0.15, -0.1) is 0 Å². The van der Waals surface area contributed by atoms with E-state index in [1.165, 1.54) is 12.1 Å². The van der Waals surface area contributed by atoms with E-state index >= 15 is 0 Å². The van der Waals surface area contributed by atoms with Crippen LogP contribution in [0.15, 0.2) is 52.7 Å². The van der Waals surface area contributed by atoms with Crippen LogP contribution in [0.2, 0.25) is 0 Å². The minimum atomic E-state index is -0.345. The van der Waals surface area contributed by atoms with Gasteiger partial charge in [0.25, 0.3) is 5.91 Å². The number of amides is 1. The molecule has 0 aliphatic carbocycles. The van der Waals surface area contributed by atoms with E-state index in [2.05, 4.69) is 49.5 Å². The van der Waals surface area contributed by atoms with Crippen molar-refractivity contribution in [1.29, 1.82) is 0 Å². The van der Waals surface area contributed by atoms with Gasteiger partial charge in [-0.3, -0.25) is 20.0 Å². The summed E-state index contributed by atoms with van der Waals surface area (Å²) < 4.78 is 21.8. The minimum absolute atomic E-state index is 0.0851. The zero-order valence-corrected chi connectivity index (χ0v) is 22.8. The van der Waals surface area contributed by atoms with Gasteiger partial charge >= 0.3 is 0 Å². The van der Waals surface area contributed by atoms with Crippen LogP contribution in [0.3, 0.4) is 0 Å². The first-order chi connectivity index (χ1) is 19.5. The predicted octanol–water partition coefficient (Wildman–Crippen LogP) is 2.74. The van der Waals surface area contributed by atoms with Crippen molar-refractivity contribution >= 4 is 17.9 Å². The highest BCUT2D eigenvalue weighted by molar-refractivity contribution is 5.95. The lowest BCUT2D eigenvalue weighted by Crippen LogP contribution is -2.61. The van der Waals surface area contributed by atoms with Crippen molar-refractivity contribution in [2.45, 2.75) is 62.6 Å². The van der Waals surface area contributed by atoms with Gasteiger partial charge in [0.1, 0.15) is 23.8 Å². The van der Waals surface area contributed by atoms with Crippen LogP contribution < -0.4 is 31.3 Å². The normalized spacial score (nSPS) is 27.1. The molecular formula is C29H38FN8O2+. The third-order valence-corrected chi connectivity index (χ3v) is 8.47. The average molecular weight is 550 g/mol. The van der Waals surface area contributed by atoms with Crippen molar-refractivity contribution in [3.8, 4) is 5.75 Å². The first-order valence-electron chi connectivity index (χ1n) is 14.3. The monoisotopic (exact) mass is 549 g/mol. The van der Waals surface area contributed by atoms with Crippen molar-refractivity contribution in [2.75, 3.05) is 38.1 Å². The van der Waals surface area contributed by atoms with Crippen LogP contribution in [0.25, 0.3) is 0 Å². The van der Waals surface area contributed by atoms with Crippen LogP contribution in [0.1, 0.15) is 54.6 Å². The molecule has 0 bridgehead atoms. The zero-order valence-electron chi connectivity index (χ0n) is 22.8. The van der Waals surface area contributed by atoms with Crippen molar-refractivity contribution in [3.63, 3.8) is 0 Å². The lowest BCUT2D eigenvalue weighted by Gasteiger charge is -2.42. The first-order valence-corrected chi connectivity index (χ1v) is 14.3. The number of nitrogens with one attached hydrogen (secondary N) is 5. The fraction of sp³-hybridized carbons (Fsp3) is 0.517. The van der Waals surface area contributed by atoms with E-state index in [1.807, 2.05) is 18.2 Å². The molecule has 4 atom stereocenters. The Bertz CT molecular complexity index is 1290. The molecule has 212 valence electrons. The number of anilines is 1. The molecule has 5 N–H and O–H groups in total. The quantitative estimate of drug-likeness (QED) is 0.340. The number of piperidine rings is 1. The molecular weight excluding hydrogens is 511 g/mol. The Morgan fingerprint density at radius 1 is 1.18 bits per heavy atom. The number of carbonyl (C=O) groups is 1. The molecule has 2 aromatic rings. The maximum Gasteiger partial charge on any atom is 0.251 e. The molecule has 1 amide bonds. The third kappa shape index (κ3) is 5.53. The fourth-order valence-electron chi connectivity index (χ4n) is 6.11. The Kier molecular flexibility index (Phi) is 7.66. The van der Waals surface area contributed by atoms with Crippen molar-refractivity contribution < 1.29 is 18.5 Å². The molecule has 40 heavy (non-hydrogen) atoms. The van der Waals surface area contributed by atoms with E-state index in [0.717, 1.165) is 51.1 Å². The molecule has 6 rings (SSSR count). The van der Waals surface area contributed by atoms with E-state index in [4.69, 9.17) is 9.85 Å². The fourth-order valence-corrected chi connectivity index (χ4v) is 6.11. The minimum Gasteiger partial charge on any atom is -0.493 e. The average Bonchev–Trinajstić information content (AvgIpc) is 3.49. The molecule has 2 aromatic carbocycles. The highest BCUT2D eigenvalue weighted by Crippen LogP contribution is 2.34. The van der Waals surface area contributed by atoms with E-state index < -0.39 is 0 Å². The van der Waals surface area contributed by atoms with Gasteiger partial charge in [0.2, 0.25) is 6.34 Å². The number of hydrogen-bond acceptors (Lipinski definition) is 8. The van der Waals surface area contributed by atoms with Crippen LogP contribution in [0, 0.1) is 5.82 Å². The van der Waals surface area contributed by atoms with Crippen LogP contribution in [0.4, 0.5) is 10.1 Å². The molecule has 0 aromatic heterocycles. The Morgan fingerprint density at radius 3 is 2.85 bits per heavy atom. The second-order valence-electron chi connectivity index (χ2n) is 11.0. The third-order valence-electron chi connectivity index (χ3n) is 8.47. The Labute approximate surface area is 233 Å². The maximum absolute atomic E-state index is 13.9. The molecule has 1 saturated heterocycles. The molecule has 0 spiro atoms. The molecule has 4 aliphatic heterocycles. The van der Waals surface area contributed by atoms with E-state index in [1.54, 1.807) is 12.1 Å². The van der Waals surface area contributed by atoms with Gasteiger partial charge in [0, 0.05) is 29.7 Å². The topological polar surface area (TPSA) is 114 Å². The molecule has 11 heteroatoms. The molecule has 3 unspecified atom stereocenters. The number of azo groups is 1. The maximum atomic E-state index is 13.9. The van der Waals surface area contributed by atoms with Crippen LogP contribution >= 0.6 is 0 Å². The van der Waals surface area contributed by atoms with Gasteiger partial charge in [0.05, 0.1) is 31.3 Å². The van der Waals surface area contributed by atoms with Gasteiger partial charge < -0.3 is 20.7 Å². The highest BCUT2D eigenvalue weighted by Gasteiger charge is 2.45. The van der Waals surface area contributed by atoms with Crippen LogP contribution in [0.5, 0.6) is 5.75 Å². The number of hydrogen-bond donors (Lipinski definition) is 5. The summed E-state index contributed by atoms with van der Waals surface area (Å²) in [4.78, 5) is 13.3. The molecule has 0 radical (unpaired) electrons. The van der Waals surface area contributed by atoms with Gasteiger partial charge in [-0.05, 0) is 69.3 Å². The molecule has 10 nitrogen and oxygen atoms in total. The summed E-state index contributed by atoms with van der Waals surface area (Å²) >= 11 is 0. The second kappa shape index (κ2) is 11.5. The van der Waals surface area contributed by atoms with E-state index in [9.17, 15) is 9.18 Å². The number of benzene rings is 2. The van der Waals surface area contributed by atoms with Gasteiger partial charge in [-0.1, -0.05) is 6.07 Å². The van der Waals surface area contributed by atoms with Crippen molar-refractivity contribution in [2.24, 2.45) is 10.2 Å². The number of fused-ring (bicyclic) bond motifs is 1. The number of nitrogens with zero attached hydrogens (tertiary/aromatic N) is 3. The summed E-state index contributed by atoms with van der Waals surface area (Å²) in [6.45, 7) is 6.34. The first kappa shape index (κ1) is 26.6. The van der Waals surface area contributed by atoms with E-state index in [-0.39, 0.29) is 41.7 Å². The van der Waals surface area contributed by atoms with Gasteiger partial charge in [-0.2, -0.15) is 10.2 Å². The SMILES string of the molecule is CC[N+]1=CNC(C2N=NC(C3(Nc4cccc(C(=O)N[C@H]5CCOc6ccc(F)cc65)c4)CCNCC3)N2)CC1.